The molecule has 0 radical (unpaired) electrons. The molecule has 0 N–H and O–H groups in total. The van der Waals surface area contributed by atoms with Crippen LogP contribution in [0.1, 0.15) is 21.5 Å². The van der Waals surface area contributed by atoms with Gasteiger partial charge >= 0.3 is 6.18 Å². The molecule has 0 aromatic heterocycles. The minimum atomic E-state index is -5.03. The van der Waals surface area contributed by atoms with Gasteiger partial charge in [-0.05, 0) is 25.0 Å². The first kappa shape index (κ1) is 13.6. The molecule has 1 heterocycles. The number of hydrogen-bond donors (Lipinski definition) is 0. The summed E-state index contributed by atoms with van der Waals surface area (Å²) in [6.07, 6.45) is -5.03. The molecule has 19 heavy (non-hydrogen) atoms. The fourth-order valence-corrected chi connectivity index (χ4v) is 2.09. The number of carbonyl (C=O) groups is 2. The minimum Gasteiger partial charge on any atom is -0.491 e. The zero-order valence-corrected chi connectivity index (χ0v) is 10.3. The summed E-state index contributed by atoms with van der Waals surface area (Å²) in [6.45, 7) is 2.73. The predicted octanol–water partition coefficient (Wildman–Crippen LogP) is 2.63. The van der Waals surface area contributed by atoms with Gasteiger partial charge in [0.1, 0.15) is 18.3 Å². The molecule has 1 aliphatic heterocycles. The molecule has 1 aliphatic rings. The molecule has 6 heteroatoms. The summed E-state index contributed by atoms with van der Waals surface area (Å²) in [4.78, 5) is 23.3. The van der Waals surface area contributed by atoms with E-state index >= 15 is 0 Å². The molecule has 1 aromatic rings. The van der Waals surface area contributed by atoms with Gasteiger partial charge in [-0.15, -0.1) is 0 Å². The maximum atomic E-state index is 12.4. The summed E-state index contributed by atoms with van der Waals surface area (Å²) in [6, 6.07) is 3.34. The number of rotatable bonds is 1. The first-order chi connectivity index (χ1) is 8.73. The molecule has 1 unspecified atom stereocenters. The summed E-state index contributed by atoms with van der Waals surface area (Å²) in [7, 11) is 0. The lowest BCUT2D eigenvalue weighted by Crippen LogP contribution is -2.41. The fourth-order valence-electron chi connectivity index (χ4n) is 2.09. The van der Waals surface area contributed by atoms with Crippen molar-refractivity contribution in [2.45, 2.75) is 20.0 Å². The van der Waals surface area contributed by atoms with E-state index in [1.54, 1.807) is 26.0 Å². The zero-order valence-electron chi connectivity index (χ0n) is 10.3. The van der Waals surface area contributed by atoms with Crippen molar-refractivity contribution in [1.29, 1.82) is 0 Å². The molecule has 0 fully saturated rings. The Morgan fingerprint density at radius 3 is 2.42 bits per heavy atom. The van der Waals surface area contributed by atoms with Gasteiger partial charge < -0.3 is 4.74 Å². The molecule has 0 bridgehead atoms. The summed E-state index contributed by atoms with van der Waals surface area (Å²) >= 11 is 0. The SMILES string of the molecule is Cc1ccc(C)c2c1OCC(C(=O)C(F)(F)F)C2=O. The molecule has 0 saturated heterocycles. The van der Waals surface area contributed by atoms with Crippen molar-refractivity contribution >= 4 is 11.6 Å². The molecule has 2 rings (SSSR count). The number of halogens is 3. The average molecular weight is 272 g/mol. The van der Waals surface area contributed by atoms with Gasteiger partial charge in [-0.3, -0.25) is 9.59 Å². The van der Waals surface area contributed by atoms with Crippen LogP contribution in [0.5, 0.6) is 5.75 Å². The van der Waals surface area contributed by atoms with Crippen LogP contribution in [0, 0.1) is 19.8 Å². The average Bonchev–Trinajstić information content (AvgIpc) is 2.32. The third-order valence-corrected chi connectivity index (χ3v) is 3.12. The lowest BCUT2D eigenvalue weighted by atomic mass is 9.88. The maximum absolute atomic E-state index is 12.4. The quantitative estimate of drug-likeness (QED) is 0.738. The molecule has 0 saturated carbocycles. The lowest BCUT2D eigenvalue weighted by molar-refractivity contribution is -0.174. The van der Waals surface area contributed by atoms with Crippen molar-refractivity contribution < 1.29 is 27.5 Å². The molecule has 102 valence electrons. The van der Waals surface area contributed by atoms with Gasteiger partial charge in [-0.25, -0.2) is 0 Å². The summed E-state index contributed by atoms with van der Waals surface area (Å²) in [5, 5.41) is 0. The highest BCUT2D eigenvalue weighted by Crippen LogP contribution is 2.35. The Labute approximate surface area is 107 Å². The number of ether oxygens (including phenoxy) is 1. The second-order valence-corrected chi connectivity index (χ2v) is 4.49. The number of benzene rings is 1. The van der Waals surface area contributed by atoms with Crippen molar-refractivity contribution in [2.24, 2.45) is 5.92 Å². The standard InChI is InChI=1S/C13H11F3O3/c1-6-3-4-7(2)11-9(6)10(17)8(5-19-11)12(18)13(14,15)16/h3-4,8H,5H2,1-2H3. The van der Waals surface area contributed by atoms with E-state index in [4.69, 9.17) is 4.74 Å². The molecular weight excluding hydrogens is 261 g/mol. The number of alkyl halides is 3. The molecule has 3 nitrogen and oxygen atoms in total. The first-order valence-corrected chi connectivity index (χ1v) is 5.61. The Balaban J connectivity index is 2.46. The third kappa shape index (κ3) is 2.22. The van der Waals surface area contributed by atoms with Gasteiger partial charge in [0.2, 0.25) is 0 Å². The highest BCUT2D eigenvalue weighted by molar-refractivity contribution is 6.15. The summed E-state index contributed by atoms with van der Waals surface area (Å²) in [5.41, 5.74) is 1.24. The Morgan fingerprint density at radius 1 is 1.26 bits per heavy atom. The molecular formula is C13H11F3O3. The van der Waals surface area contributed by atoms with Crippen LogP contribution in [0.2, 0.25) is 0 Å². The van der Waals surface area contributed by atoms with Crippen LogP contribution in [0.25, 0.3) is 0 Å². The fraction of sp³-hybridized carbons (Fsp3) is 0.385. The molecule has 1 aromatic carbocycles. The van der Waals surface area contributed by atoms with Crippen LogP contribution < -0.4 is 4.74 Å². The Hall–Kier alpha value is -1.85. The van der Waals surface area contributed by atoms with Gasteiger partial charge in [-0.2, -0.15) is 13.2 Å². The van der Waals surface area contributed by atoms with Gasteiger partial charge in [-0.1, -0.05) is 12.1 Å². The first-order valence-electron chi connectivity index (χ1n) is 5.61. The number of Topliss-reactive ketones (excluding diaryl/α,β-unsaturated/α-hetero) is 2. The van der Waals surface area contributed by atoms with Crippen molar-refractivity contribution in [2.75, 3.05) is 6.61 Å². The molecule has 0 spiro atoms. The van der Waals surface area contributed by atoms with Crippen LogP contribution in [0.3, 0.4) is 0 Å². The van der Waals surface area contributed by atoms with Crippen molar-refractivity contribution in [3.63, 3.8) is 0 Å². The lowest BCUT2D eigenvalue weighted by Gasteiger charge is -2.26. The monoisotopic (exact) mass is 272 g/mol. The van der Waals surface area contributed by atoms with Crippen molar-refractivity contribution in [3.05, 3.63) is 28.8 Å². The van der Waals surface area contributed by atoms with E-state index in [9.17, 15) is 22.8 Å². The van der Waals surface area contributed by atoms with E-state index in [0.29, 0.717) is 11.1 Å². The van der Waals surface area contributed by atoms with Gasteiger partial charge in [0.05, 0.1) is 5.56 Å². The van der Waals surface area contributed by atoms with Crippen LogP contribution in [0.4, 0.5) is 13.2 Å². The number of aryl methyl sites for hydroxylation is 2. The maximum Gasteiger partial charge on any atom is 0.450 e. The molecule has 0 aliphatic carbocycles. The number of carbonyl (C=O) groups excluding carboxylic acids is 2. The van der Waals surface area contributed by atoms with E-state index in [1.807, 2.05) is 0 Å². The van der Waals surface area contributed by atoms with E-state index in [0.717, 1.165) is 0 Å². The summed E-state index contributed by atoms with van der Waals surface area (Å²) in [5.74, 6) is -4.39. The van der Waals surface area contributed by atoms with E-state index in [2.05, 4.69) is 0 Å². The van der Waals surface area contributed by atoms with Crippen LogP contribution in [0.15, 0.2) is 12.1 Å². The van der Waals surface area contributed by atoms with Crippen LogP contribution in [-0.2, 0) is 4.79 Å². The molecule has 1 atom stereocenters. The van der Waals surface area contributed by atoms with E-state index in [-0.39, 0.29) is 11.3 Å². The zero-order chi connectivity index (χ0) is 14.4. The Morgan fingerprint density at radius 2 is 1.84 bits per heavy atom. The second-order valence-electron chi connectivity index (χ2n) is 4.49. The molecule has 0 amide bonds. The highest BCUT2D eigenvalue weighted by Gasteiger charge is 2.48. The third-order valence-electron chi connectivity index (χ3n) is 3.12. The largest absolute Gasteiger partial charge is 0.491 e. The number of ketones is 2. The van der Waals surface area contributed by atoms with Crippen molar-refractivity contribution in [1.82, 2.24) is 0 Å². The van der Waals surface area contributed by atoms with Gasteiger partial charge in [0, 0.05) is 0 Å². The normalized spacial score (nSPS) is 18.8. The van der Waals surface area contributed by atoms with Crippen LogP contribution in [-0.4, -0.2) is 24.3 Å². The Bertz CT molecular complexity index is 561. The summed E-state index contributed by atoms with van der Waals surface area (Å²) < 4.78 is 42.4. The van der Waals surface area contributed by atoms with Crippen LogP contribution >= 0.6 is 0 Å². The highest BCUT2D eigenvalue weighted by atomic mass is 19.4. The topological polar surface area (TPSA) is 43.4 Å². The van der Waals surface area contributed by atoms with Crippen molar-refractivity contribution in [3.8, 4) is 5.75 Å². The van der Waals surface area contributed by atoms with E-state index in [1.165, 1.54) is 0 Å². The second kappa shape index (κ2) is 4.36. The predicted molar refractivity (Wildman–Crippen MR) is 60.3 cm³/mol. The minimum absolute atomic E-state index is 0.0776. The van der Waals surface area contributed by atoms with Gasteiger partial charge in [0.25, 0.3) is 5.78 Å². The van der Waals surface area contributed by atoms with E-state index < -0.39 is 30.3 Å². The number of hydrogen-bond acceptors (Lipinski definition) is 3. The Kier molecular flexibility index (Phi) is 3.12. The number of fused-ring (bicyclic) bond motifs is 1. The smallest absolute Gasteiger partial charge is 0.450 e. The van der Waals surface area contributed by atoms with Gasteiger partial charge in [0.15, 0.2) is 5.78 Å².